The Morgan fingerprint density at radius 1 is 1.31 bits per heavy atom. The van der Waals surface area contributed by atoms with Gasteiger partial charge in [0.2, 0.25) is 0 Å². The molecule has 0 radical (unpaired) electrons. The normalized spacial score (nSPS) is 31.3. The van der Waals surface area contributed by atoms with E-state index in [9.17, 15) is 5.11 Å². The van der Waals surface area contributed by atoms with E-state index < -0.39 is 0 Å². The minimum atomic E-state index is -0.158. The van der Waals surface area contributed by atoms with E-state index in [2.05, 4.69) is 37.9 Å². The van der Waals surface area contributed by atoms with Gasteiger partial charge in [-0.05, 0) is 40.2 Å². The predicted octanol–water partition coefficient (Wildman–Crippen LogP) is 1.61. The lowest BCUT2D eigenvalue weighted by atomic mass is 9.93. The number of nitrogens with zero attached hydrogens (tertiary/aromatic N) is 1. The highest BCUT2D eigenvalue weighted by molar-refractivity contribution is 4.90. The lowest BCUT2D eigenvalue weighted by Gasteiger charge is -2.44. The zero-order valence-electron chi connectivity index (χ0n) is 11.3. The molecular weight excluding hydrogens is 200 g/mol. The van der Waals surface area contributed by atoms with E-state index in [1.54, 1.807) is 0 Å². The smallest absolute Gasteiger partial charge is 0.0623 e. The van der Waals surface area contributed by atoms with E-state index in [4.69, 9.17) is 0 Å². The third-order valence-electron chi connectivity index (χ3n) is 3.86. The Morgan fingerprint density at radius 2 is 1.88 bits per heavy atom. The highest BCUT2D eigenvalue weighted by Gasteiger charge is 2.32. The quantitative estimate of drug-likeness (QED) is 0.750. The molecule has 96 valence electrons. The lowest BCUT2D eigenvalue weighted by Crippen LogP contribution is -2.58. The van der Waals surface area contributed by atoms with E-state index in [0.29, 0.717) is 12.1 Å². The molecule has 0 aromatic carbocycles. The second-order valence-electron chi connectivity index (χ2n) is 5.55. The van der Waals surface area contributed by atoms with Crippen LogP contribution in [0.15, 0.2) is 0 Å². The fourth-order valence-corrected chi connectivity index (χ4v) is 2.78. The zero-order chi connectivity index (χ0) is 12.2. The average molecular weight is 228 g/mol. The summed E-state index contributed by atoms with van der Waals surface area (Å²) in [6, 6.07) is 1.29. The molecule has 3 nitrogen and oxygen atoms in total. The number of aliphatic hydroxyl groups excluding tert-OH is 1. The van der Waals surface area contributed by atoms with Crippen LogP contribution in [0.5, 0.6) is 0 Å². The molecule has 1 heterocycles. The van der Waals surface area contributed by atoms with Gasteiger partial charge in [0.1, 0.15) is 0 Å². The molecule has 1 aliphatic heterocycles. The molecule has 16 heavy (non-hydrogen) atoms. The zero-order valence-corrected chi connectivity index (χ0v) is 11.3. The van der Waals surface area contributed by atoms with Crippen molar-refractivity contribution in [2.24, 2.45) is 0 Å². The number of rotatable bonds is 5. The van der Waals surface area contributed by atoms with E-state index in [1.807, 2.05) is 0 Å². The summed E-state index contributed by atoms with van der Waals surface area (Å²) in [4.78, 5) is 2.54. The van der Waals surface area contributed by atoms with Gasteiger partial charge in [-0.15, -0.1) is 0 Å². The van der Waals surface area contributed by atoms with Crippen LogP contribution >= 0.6 is 0 Å². The standard InChI is InChI=1S/C13H28N2O/c1-5-14-13(4,10-16)9-15-11(2)7-6-8-12(15)3/h11-12,14,16H,5-10H2,1-4H3. The third-order valence-corrected chi connectivity index (χ3v) is 3.86. The van der Waals surface area contributed by atoms with Gasteiger partial charge in [0.15, 0.2) is 0 Å². The minimum absolute atomic E-state index is 0.158. The first-order valence-electron chi connectivity index (χ1n) is 6.64. The van der Waals surface area contributed by atoms with Crippen LogP contribution in [0.1, 0.15) is 47.0 Å². The Labute approximate surface area is 100 Å². The molecule has 1 saturated heterocycles. The monoisotopic (exact) mass is 228 g/mol. The van der Waals surface area contributed by atoms with E-state index in [0.717, 1.165) is 13.1 Å². The summed E-state index contributed by atoms with van der Waals surface area (Å²) in [6.45, 7) is 10.9. The summed E-state index contributed by atoms with van der Waals surface area (Å²) >= 11 is 0. The molecule has 2 N–H and O–H groups in total. The van der Waals surface area contributed by atoms with Crippen molar-refractivity contribution in [3.05, 3.63) is 0 Å². The van der Waals surface area contributed by atoms with Gasteiger partial charge < -0.3 is 10.4 Å². The Balaban J connectivity index is 2.61. The average Bonchev–Trinajstić information content (AvgIpc) is 2.24. The van der Waals surface area contributed by atoms with Crippen molar-refractivity contribution < 1.29 is 5.11 Å². The topological polar surface area (TPSA) is 35.5 Å². The Morgan fingerprint density at radius 3 is 2.31 bits per heavy atom. The predicted molar refractivity (Wildman–Crippen MR) is 68.6 cm³/mol. The van der Waals surface area contributed by atoms with Crippen LogP contribution in [-0.4, -0.2) is 47.3 Å². The molecule has 3 heteroatoms. The van der Waals surface area contributed by atoms with E-state index in [1.165, 1.54) is 19.3 Å². The van der Waals surface area contributed by atoms with Crippen molar-refractivity contribution >= 4 is 0 Å². The van der Waals surface area contributed by atoms with Crippen molar-refractivity contribution in [1.82, 2.24) is 10.2 Å². The first kappa shape index (κ1) is 13.9. The molecule has 1 rings (SSSR count). The number of nitrogens with one attached hydrogen (secondary N) is 1. The Kier molecular flexibility index (Phi) is 5.22. The van der Waals surface area contributed by atoms with Crippen molar-refractivity contribution in [2.45, 2.75) is 64.6 Å². The van der Waals surface area contributed by atoms with Crippen LogP contribution < -0.4 is 5.32 Å². The second-order valence-corrected chi connectivity index (χ2v) is 5.55. The Hall–Kier alpha value is -0.120. The highest BCUT2D eigenvalue weighted by atomic mass is 16.3. The molecule has 0 aliphatic carbocycles. The van der Waals surface area contributed by atoms with Gasteiger partial charge in [-0.1, -0.05) is 13.3 Å². The number of aliphatic hydroxyl groups is 1. The summed E-state index contributed by atoms with van der Waals surface area (Å²) in [5, 5.41) is 12.9. The van der Waals surface area contributed by atoms with Gasteiger partial charge in [-0.2, -0.15) is 0 Å². The van der Waals surface area contributed by atoms with Crippen molar-refractivity contribution in [3.63, 3.8) is 0 Å². The molecular formula is C13H28N2O. The van der Waals surface area contributed by atoms with Crippen LogP contribution in [-0.2, 0) is 0 Å². The van der Waals surface area contributed by atoms with Gasteiger partial charge >= 0.3 is 0 Å². The van der Waals surface area contributed by atoms with E-state index >= 15 is 0 Å². The molecule has 1 fully saturated rings. The van der Waals surface area contributed by atoms with Gasteiger partial charge in [-0.3, -0.25) is 4.90 Å². The van der Waals surface area contributed by atoms with Crippen LogP contribution in [0.2, 0.25) is 0 Å². The summed E-state index contributed by atoms with van der Waals surface area (Å²) in [7, 11) is 0. The SMILES string of the molecule is CCNC(C)(CO)CN1C(C)CCCC1C. The molecule has 0 aromatic heterocycles. The molecule has 1 aliphatic rings. The van der Waals surface area contributed by atoms with Crippen LogP contribution in [0.25, 0.3) is 0 Å². The molecule has 3 unspecified atom stereocenters. The third kappa shape index (κ3) is 3.44. The molecule has 0 saturated carbocycles. The fourth-order valence-electron chi connectivity index (χ4n) is 2.78. The minimum Gasteiger partial charge on any atom is -0.394 e. The number of likely N-dealkylation sites (N-methyl/N-ethyl adjacent to an activating group) is 1. The molecule has 3 atom stereocenters. The largest absolute Gasteiger partial charge is 0.394 e. The van der Waals surface area contributed by atoms with Crippen molar-refractivity contribution in [3.8, 4) is 0 Å². The second kappa shape index (κ2) is 5.99. The first-order valence-corrected chi connectivity index (χ1v) is 6.64. The Bertz CT molecular complexity index is 200. The molecule has 0 bridgehead atoms. The van der Waals surface area contributed by atoms with Gasteiger partial charge in [0, 0.05) is 18.6 Å². The van der Waals surface area contributed by atoms with Crippen LogP contribution in [0.3, 0.4) is 0 Å². The molecule has 0 aromatic rings. The van der Waals surface area contributed by atoms with Crippen LogP contribution in [0, 0.1) is 0 Å². The fraction of sp³-hybridized carbons (Fsp3) is 1.00. The summed E-state index contributed by atoms with van der Waals surface area (Å²) < 4.78 is 0. The summed E-state index contributed by atoms with van der Waals surface area (Å²) in [5.74, 6) is 0. The molecule has 0 spiro atoms. The first-order chi connectivity index (χ1) is 7.52. The lowest BCUT2D eigenvalue weighted by molar-refractivity contribution is 0.0482. The van der Waals surface area contributed by atoms with E-state index in [-0.39, 0.29) is 12.1 Å². The maximum absolute atomic E-state index is 9.53. The summed E-state index contributed by atoms with van der Waals surface area (Å²) in [6.07, 6.45) is 3.92. The molecule has 0 amide bonds. The van der Waals surface area contributed by atoms with Gasteiger partial charge in [-0.25, -0.2) is 0 Å². The number of hydrogen-bond acceptors (Lipinski definition) is 3. The van der Waals surface area contributed by atoms with Gasteiger partial charge in [0.05, 0.1) is 12.1 Å². The van der Waals surface area contributed by atoms with Crippen LogP contribution in [0.4, 0.5) is 0 Å². The van der Waals surface area contributed by atoms with Crippen molar-refractivity contribution in [2.75, 3.05) is 19.7 Å². The maximum Gasteiger partial charge on any atom is 0.0623 e. The van der Waals surface area contributed by atoms with Gasteiger partial charge in [0.25, 0.3) is 0 Å². The van der Waals surface area contributed by atoms with Crippen molar-refractivity contribution in [1.29, 1.82) is 0 Å². The highest BCUT2D eigenvalue weighted by Crippen LogP contribution is 2.24. The number of hydrogen-bond donors (Lipinski definition) is 2. The summed E-state index contributed by atoms with van der Waals surface area (Å²) in [5.41, 5.74) is -0.158. The number of likely N-dealkylation sites (tertiary alicyclic amines) is 1. The number of piperidine rings is 1. The maximum atomic E-state index is 9.53.